The van der Waals surface area contributed by atoms with E-state index in [1.54, 1.807) is 30.5 Å². The van der Waals surface area contributed by atoms with E-state index in [9.17, 15) is 4.79 Å². The highest BCUT2D eigenvalue weighted by molar-refractivity contribution is 6.04. The monoisotopic (exact) mass is 405 g/mol. The molecule has 1 heterocycles. The fraction of sp³-hybridized carbons (Fsp3) is 0.0435. The Morgan fingerprint density at radius 3 is 2.24 bits per heavy atom. The Labute approximate surface area is 174 Å². The zero-order valence-corrected chi connectivity index (χ0v) is 16.3. The number of hydrogen-bond donors (Lipinski definition) is 3. The van der Waals surface area contributed by atoms with Crippen molar-refractivity contribution in [2.75, 3.05) is 5.32 Å². The molecule has 0 radical (unpaired) electrons. The van der Waals surface area contributed by atoms with Crippen LogP contribution in [0.5, 0.6) is 0 Å². The smallest absolute Gasteiger partial charge is 0.255 e. The van der Waals surface area contributed by atoms with Crippen LogP contribution in [-0.2, 0) is 6.61 Å². The van der Waals surface area contributed by atoms with Gasteiger partial charge in [0.05, 0.1) is 18.5 Å². The maximum atomic E-state index is 12.3. The Balaban J connectivity index is 0.00000240. The van der Waals surface area contributed by atoms with Gasteiger partial charge in [0.2, 0.25) is 0 Å². The molecular formula is C23H20ClN3O2. The standard InChI is InChI=1S/C23H19N3O2.ClH/c27-15-16-6-8-19(9-7-16)23(28)25-20-12-10-17(11-13-20)21-14-24-22(26-21)18-4-2-1-3-5-18;/h1-14,27H,15H2,(H,24,26)(H,25,28);1H. The Morgan fingerprint density at radius 2 is 1.59 bits per heavy atom. The van der Waals surface area contributed by atoms with Crippen LogP contribution in [-0.4, -0.2) is 21.0 Å². The average molecular weight is 406 g/mol. The third-order valence-electron chi connectivity index (χ3n) is 4.48. The van der Waals surface area contributed by atoms with Crippen molar-refractivity contribution in [3.8, 4) is 22.6 Å². The Morgan fingerprint density at radius 1 is 0.897 bits per heavy atom. The fourth-order valence-corrected chi connectivity index (χ4v) is 2.91. The second-order valence-electron chi connectivity index (χ2n) is 6.40. The van der Waals surface area contributed by atoms with E-state index in [1.807, 2.05) is 54.6 Å². The summed E-state index contributed by atoms with van der Waals surface area (Å²) in [6.07, 6.45) is 1.80. The van der Waals surface area contributed by atoms with Crippen LogP contribution >= 0.6 is 12.4 Å². The molecule has 4 aromatic rings. The van der Waals surface area contributed by atoms with E-state index < -0.39 is 0 Å². The molecule has 0 unspecified atom stereocenters. The predicted octanol–water partition coefficient (Wildman–Crippen LogP) is 4.91. The van der Waals surface area contributed by atoms with Gasteiger partial charge in [0.1, 0.15) is 5.82 Å². The second kappa shape index (κ2) is 9.19. The fourth-order valence-electron chi connectivity index (χ4n) is 2.91. The van der Waals surface area contributed by atoms with E-state index in [2.05, 4.69) is 15.3 Å². The van der Waals surface area contributed by atoms with Crippen LogP contribution < -0.4 is 5.32 Å². The number of nitrogens with zero attached hydrogens (tertiary/aromatic N) is 1. The molecule has 6 heteroatoms. The molecule has 0 aliphatic heterocycles. The van der Waals surface area contributed by atoms with Gasteiger partial charge >= 0.3 is 0 Å². The lowest BCUT2D eigenvalue weighted by atomic mass is 10.1. The molecule has 0 aliphatic rings. The molecule has 0 bridgehead atoms. The van der Waals surface area contributed by atoms with Gasteiger partial charge < -0.3 is 15.4 Å². The van der Waals surface area contributed by atoms with Crippen LogP contribution in [0.25, 0.3) is 22.6 Å². The molecule has 0 atom stereocenters. The van der Waals surface area contributed by atoms with Gasteiger partial charge in [-0.2, -0.15) is 0 Å². The molecule has 0 spiro atoms. The summed E-state index contributed by atoms with van der Waals surface area (Å²) in [4.78, 5) is 20.1. The molecule has 3 N–H and O–H groups in total. The van der Waals surface area contributed by atoms with Gasteiger partial charge in [-0.15, -0.1) is 12.4 Å². The Hall–Kier alpha value is -3.41. The maximum absolute atomic E-state index is 12.3. The molecule has 146 valence electrons. The van der Waals surface area contributed by atoms with Gasteiger partial charge in [-0.05, 0) is 35.4 Å². The number of benzene rings is 3. The Kier molecular flexibility index (Phi) is 6.44. The molecule has 0 saturated carbocycles. The summed E-state index contributed by atoms with van der Waals surface area (Å²) in [5, 5.41) is 12.0. The van der Waals surface area contributed by atoms with Crippen LogP contribution in [0.4, 0.5) is 5.69 Å². The number of hydrogen-bond acceptors (Lipinski definition) is 3. The maximum Gasteiger partial charge on any atom is 0.255 e. The number of amides is 1. The first kappa shape index (κ1) is 20.3. The van der Waals surface area contributed by atoms with Gasteiger partial charge in [-0.3, -0.25) is 4.79 Å². The van der Waals surface area contributed by atoms with E-state index in [4.69, 9.17) is 5.11 Å². The van der Waals surface area contributed by atoms with Gasteiger partial charge in [0, 0.05) is 16.8 Å². The molecule has 0 saturated heterocycles. The number of rotatable bonds is 5. The molecule has 0 fully saturated rings. The number of aliphatic hydroxyl groups excluding tert-OH is 1. The van der Waals surface area contributed by atoms with Crippen LogP contribution in [0.1, 0.15) is 15.9 Å². The number of carbonyl (C=O) groups is 1. The molecule has 0 aliphatic carbocycles. The van der Waals surface area contributed by atoms with Crippen LogP contribution in [0, 0.1) is 0 Å². The van der Waals surface area contributed by atoms with E-state index in [0.29, 0.717) is 11.3 Å². The van der Waals surface area contributed by atoms with Crippen molar-refractivity contribution >= 4 is 24.0 Å². The minimum Gasteiger partial charge on any atom is -0.392 e. The number of carbonyl (C=O) groups excluding carboxylic acids is 1. The highest BCUT2D eigenvalue weighted by Gasteiger charge is 2.08. The highest BCUT2D eigenvalue weighted by atomic mass is 35.5. The lowest BCUT2D eigenvalue weighted by Crippen LogP contribution is -2.11. The third-order valence-corrected chi connectivity index (χ3v) is 4.48. The number of halogens is 1. The lowest BCUT2D eigenvalue weighted by Gasteiger charge is -2.07. The number of aromatic nitrogens is 2. The predicted molar refractivity (Wildman–Crippen MR) is 117 cm³/mol. The summed E-state index contributed by atoms with van der Waals surface area (Å²) in [7, 11) is 0. The van der Waals surface area contributed by atoms with Gasteiger partial charge in [0.15, 0.2) is 0 Å². The van der Waals surface area contributed by atoms with Crippen molar-refractivity contribution in [2.24, 2.45) is 0 Å². The van der Waals surface area contributed by atoms with Gasteiger partial charge in [0.25, 0.3) is 5.91 Å². The number of aromatic amines is 1. The molecule has 29 heavy (non-hydrogen) atoms. The minimum absolute atomic E-state index is 0. The summed E-state index contributed by atoms with van der Waals surface area (Å²) in [6, 6.07) is 24.4. The van der Waals surface area contributed by atoms with E-state index >= 15 is 0 Å². The topological polar surface area (TPSA) is 78.0 Å². The highest BCUT2D eigenvalue weighted by Crippen LogP contribution is 2.23. The van der Waals surface area contributed by atoms with Gasteiger partial charge in [-0.25, -0.2) is 4.98 Å². The first-order chi connectivity index (χ1) is 13.7. The molecule has 1 amide bonds. The summed E-state index contributed by atoms with van der Waals surface area (Å²) in [5.41, 5.74) is 4.96. The number of imidazole rings is 1. The second-order valence-corrected chi connectivity index (χ2v) is 6.40. The van der Waals surface area contributed by atoms with Crippen LogP contribution in [0.3, 0.4) is 0 Å². The largest absolute Gasteiger partial charge is 0.392 e. The van der Waals surface area contributed by atoms with Crippen molar-refractivity contribution in [2.45, 2.75) is 6.61 Å². The number of H-pyrrole nitrogens is 1. The number of aliphatic hydroxyl groups is 1. The normalized spacial score (nSPS) is 10.2. The third kappa shape index (κ3) is 4.71. The van der Waals surface area contributed by atoms with Gasteiger partial charge in [-0.1, -0.05) is 54.6 Å². The zero-order valence-electron chi connectivity index (χ0n) is 15.5. The van der Waals surface area contributed by atoms with Crippen molar-refractivity contribution in [3.63, 3.8) is 0 Å². The number of anilines is 1. The average Bonchev–Trinajstić information content (AvgIpc) is 3.25. The van der Waals surface area contributed by atoms with Crippen molar-refractivity contribution in [1.82, 2.24) is 9.97 Å². The van der Waals surface area contributed by atoms with E-state index in [0.717, 1.165) is 28.2 Å². The molecule has 3 aromatic carbocycles. The molecular weight excluding hydrogens is 386 g/mol. The first-order valence-corrected chi connectivity index (χ1v) is 8.95. The van der Waals surface area contributed by atoms with Crippen LogP contribution in [0.2, 0.25) is 0 Å². The van der Waals surface area contributed by atoms with Crippen molar-refractivity contribution in [1.29, 1.82) is 0 Å². The molecule has 4 rings (SSSR count). The van der Waals surface area contributed by atoms with Crippen molar-refractivity contribution < 1.29 is 9.90 Å². The quantitative estimate of drug-likeness (QED) is 0.441. The minimum atomic E-state index is -0.190. The number of nitrogens with one attached hydrogen (secondary N) is 2. The Bertz CT molecular complexity index is 1080. The van der Waals surface area contributed by atoms with Crippen molar-refractivity contribution in [3.05, 3.63) is 96.2 Å². The summed E-state index contributed by atoms with van der Waals surface area (Å²) in [5.74, 6) is 0.629. The van der Waals surface area contributed by atoms with Crippen LogP contribution in [0.15, 0.2) is 85.1 Å². The molecule has 5 nitrogen and oxygen atoms in total. The summed E-state index contributed by atoms with van der Waals surface area (Å²) in [6.45, 7) is -0.0387. The lowest BCUT2D eigenvalue weighted by molar-refractivity contribution is 0.102. The zero-order chi connectivity index (χ0) is 19.3. The summed E-state index contributed by atoms with van der Waals surface area (Å²) >= 11 is 0. The summed E-state index contributed by atoms with van der Waals surface area (Å²) < 4.78 is 0. The SMILES string of the molecule is Cl.O=C(Nc1ccc(-c2cnc(-c3ccccc3)[nH]2)cc1)c1ccc(CO)cc1. The first-order valence-electron chi connectivity index (χ1n) is 8.95. The molecule has 1 aromatic heterocycles. The van der Waals surface area contributed by atoms with E-state index in [-0.39, 0.29) is 24.9 Å². The van der Waals surface area contributed by atoms with E-state index in [1.165, 1.54) is 0 Å².